The first-order valence-electron chi connectivity index (χ1n) is 8.30. The van der Waals surface area contributed by atoms with Gasteiger partial charge in [-0.1, -0.05) is 12.1 Å². The summed E-state index contributed by atoms with van der Waals surface area (Å²) < 4.78 is 37.8. The lowest BCUT2D eigenvalue weighted by Crippen LogP contribution is -2.39. The molecule has 0 saturated carbocycles. The Bertz CT molecular complexity index is 773. The Morgan fingerprint density at radius 2 is 1.96 bits per heavy atom. The number of carboxylic acids is 1. The number of hydrogen-bond donors (Lipinski definition) is 1. The second-order valence-electron chi connectivity index (χ2n) is 6.05. The van der Waals surface area contributed by atoms with Gasteiger partial charge in [-0.05, 0) is 29.8 Å². The smallest absolute Gasteiger partial charge is 0.304 e. The lowest BCUT2D eigenvalue weighted by Gasteiger charge is -2.32. The quantitative estimate of drug-likeness (QED) is 0.794. The van der Waals surface area contributed by atoms with Gasteiger partial charge in [-0.3, -0.25) is 9.69 Å². The topological polar surface area (TPSA) is 59.0 Å². The summed E-state index contributed by atoms with van der Waals surface area (Å²) in [4.78, 5) is 12.8. The number of ether oxygens (including phenoxy) is 2. The molecule has 8 heteroatoms. The molecule has 2 aromatic rings. The minimum atomic E-state index is -0.817. The Hall–Kier alpha value is -2.22. The average molecular weight is 400 g/mol. The maximum Gasteiger partial charge on any atom is 0.304 e. The number of carboxylic acid groups (broad SMARTS) is 1. The first kappa shape index (κ1) is 21.1. The zero-order chi connectivity index (χ0) is 18.5. The Labute approximate surface area is 161 Å². The summed E-state index contributed by atoms with van der Waals surface area (Å²) in [5.41, 5.74) is 0.928. The summed E-state index contributed by atoms with van der Waals surface area (Å²) >= 11 is 0. The molecule has 5 nitrogen and oxygen atoms in total. The van der Waals surface area contributed by atoms with E-state index in [1.807, 2.05) is 12.1 Å². The van der Waals surface area contributed by atoms with E-state index in [4.69, 9.17) is 14.6 Å². The van der Waals surface area contributed by atoms with Crippen molar-refractivity contribution in [1.82, 2.24) is 4.90 Å². The molecule has 1 fully saturated rings. The van der Waals surface area contributed by atoms with Crippen LogP contribution in [0.3, 0.4) is 0 Å². The first-order chi connectivity index (χ1) is 12.5. The molecular weight excluding hydrogens is 380 g/mol. The van der Waals surface area contributed by atoms with Gasteiger partial charge in [0.2, 0.25) is 0 Å². The van der Waals surface area contributed by atoms with Crippen LogP contribution in [-0.2, 0) is 9.53 Å². The number of benzene rings is 2. The first-order valence-corrected chi connectivity index (χ1v) is 8.30. The van der Waals surface area contributed by atoms with Crippen LogP contribution in [0.25, 0.3) is 0 Å². The number of nitrogens with zero attached hydrogens (tertiary/aromatic N) is 1. The number of morpholine rings is 1. The van der Waals surface area contributed by atoms with E-state index >= 15 is 0 Å². The van der Waals surface area contributed by atoms with Crippen LogP contribution in [0, 0.1) is 11.6 Å². The molecule has 0 aromatic heterocycles. The van der Waals surface area contributed by atoms with Gasteiger partial charge in [0.25, 0.3) is 0 Å². The van der Waals surface area contributed by atoms with Gasteiger partial charge >= 0.3 is 5.97 Å². The third-order valence-corrected chi connectivity index (χ3v) is 4.17. The monoisotopic (exact) mass is 399 g/mol. The van der Waals surface area contributed by atoms with Crippen molar-refractivity contribution in [2.24, 2.45) is 0 Å². The van der Waals surface area contributed by atoms with Crippen LogP contribution in [-0.4, -0.2) is 42.2 Å². The fourth-order valence-electron chi connectivity index (χ4n) is 2.80. The molecule has 1 N–H and O–H groups in total. The van der Waals surface area contributed by atoms with Crippen molar-refractivity contribution in [2.75, 3.05) is 26.2 Å². The van der Waals surface area contributed by atoms with Gasteiger partial charge in [0.15, 0.2) is 11.6 Å². The third-order valence-electron chi connectivity index (χ3n) is 4.17. The molecule has 0 amide bonds. The molecule has 1 aliphatic rings. The van der Waals surface area contributed by atoms with Gasteiger partial charge in [-0.15, -0.1) is 12.4 Å². The number of hydrogen-bond acceptors (Lipinski definition) is 4. The standard InChI is InChI=1S/C19H19F2NO4.ClH/c20-14-3-6-17(16(21)11-14)26-15-4-1-13(2-5-15)18-12-22(9-10-25-18)8-7-19(23)24;/h1-6,11,18H,7-10,12H2,(H,23,24);1H. The highest BCUT2D eigenvalue weighted by Gasteiger charge is 2.22. The molecule has 1 heterocycles. The van der Waals surface area contributed by atoms with E-state index in [1.165, 1.54) is 6.07 Å². The second-order valence-corrected chi connectivity index (χ2v) is 6.05. The van der Waals surface area contributed by atoms with Crippen molar-refractivity contribution < 1.29 is 28.2 Å². The summed E-state index contributed by atoms with van der Waals surface area (Å²) in [5, 5.41) is 8.79. The van der Waals surface area contributed by atoms with Gasteiger partial charge in [0, 0.05) is 25.7 Å². The Morgan fingerprint density at radius 1 is 1.22 bits per heavy atom. The molecule has 27 heavy (non-hydrogen) atoms. The molecule has 1 saturated heterocycles. The fraction of sp³-hybridized carbons (Fsp3) is 0.316. The highest BCUT2D eigenvalue weighted by molar-refractivity contribution is 5.85. The minimum Gasteiger partial charge on any atom is -0.481 e. The predicted molar refractivity (Wildman–Crippen MR) is 97.5 cm³/mol. The minimum absolute atomic E-state index is 0. The molecule has 2 aromatic carbocycles. The summed E-state index contributed by atoms with van der Waals surface area (Å²) in [7, 11) is 0. The van der Waals surface area contributed by atoms with Crippen LogP contribution < -0.4 is 4.74 Å². The molecule has 146 valence electrons. The molecule has 0 radical (unpaired) electrons. The third kappa shape index (κ3) is 5.89. The van der Waals surface area contributed by atoms with E-state index in [9.17, 15) is 13.6 Å². The van der Waals surface area contributed by atoms with Crippen LogP contribution in [0.5, 0.6) is 11.5 Å². The molecule has 1 unspecified atom stereocenters. The zero-order valence-corrected chi connectivity index (χ0v) is 15.3. The summed E-state index contributed by atoms with van der Waals surface area (Å²) in [6.07, 6.45) is -0.0583. The van der Waals surface area contributed by atoms with E-state index in [-0.39, 0.29) is 30.7 Å². The molecule has 0 spiro atoms. The van der Waals surface area contributed by atoms with Crippen molar-refractivity contribution in [1.29, 1.82) is 0 Å². The van der Waals surface area contributed by atoms with Crippen molar-refractivity contribution >= 4 is 18.4 Å². The van der Waals surface area contributed by atoms with E-state index in [0.29, 0.717) is 32.0 Å². The summed E-state index contributed by atoms with van der Waals surface area (Å²) in [6.45, 7) is 2.33. The lowest BCUT2D eigenvalue weighted by atomic mass is 10.1. The maximum atomic E-state index is 13.6. The number of aliphatic carboxylic acids is 1. The van der Waals surface area contributed by atoms with Crippen LogP contribution in [0.1, 0.15) is 18.1 Å². The predicted octanol–water partition coefficient (Wildman–Crippen LogP) is 4.03. The van der Waals surface area contributed by atoms with E-state index in [0.717, 1.165) is 17.7 Å². The summed E-state index contributed by atoms with van der Waals surface area (Å²) in [5.74, 6) is -1.86. The van der Waals surface area contributed by atoms with E-state index in [2.05, 4.69) is 4.90 Å². The zero-order valence-electron chi connectivity index (χ0n) is 14.4. The Balaban J connectivity index is 0.00000261. The van der Waals surface area contributed by atoms with Crippen LogP contribution in [0.2, 0.25) is 0 Å². The molecule has 3 rings (SSSR count). The van der Waals surface area contributed by atoms with Crippen LogP contribution >= 0.6 is 12.4 Å². The van der Waals surface area contributed by atoms with E-state index < -0.39 is 17.6 Å². The van der Waals surface area contributed by atoms with Gasteiger partial charge < -0.3 is 14.6 Å². The van der Waals surface area contributed by atoms with Crippen molar-refractivity contribution in [3.63, 3.8) is 0 Å². The number of carbonyl (C=O) groups is 1. The van der Waals surface area contributed by atoms with Crippen LogP contribution in [0.4, 0.5) is 8.78 Å². The second kappa shape index (κ2) is 9.64. The van der Waals surface area contributed by atoms with Gasteiger partial charge in [0.1, 0.15) is 11.6 Å². The van der Waals surface area contributed by atoms with Crippen molar-refractivity contribution in [3.8, 4) is 11.5 Å². The van der Waals surface area contributed by atoms with Gasteiger partial charge in [-0.2, -0.15) is 0 Å². The number of halogens is 3. The molecule has 0 bridgehead atoms. The summed E-state index contributed by atoms with van der Waals surface area (Å²) in [6, 6.07) is 10.2. The number of rotatable bonds is 6. The molecular formula is C19H20ClF2NO4. The largest absolute Gasteiger partial charge is 0.481 e. The maximum absolute atomic E-state index is 13.6. The van der Waals surface area contributed by atoms with Gasteiger partial charge in [-0.25, -0.2) is 8.78 Å². The molecule has 1 atom stereocenters. The highest BCUT2D eigenvalue weighted by Crippen LogP contribution is 2.28. The highest BCUT2D eigenvalue weighted by atomic mass is 35.5. The van der Waals surface area contributed by atoms with Crippen molar-refractivity contribution in [3.05, 3.63) is 59.7 Å². The Morgan fingerprint density at radius 3 is 2.63 bits per heavy atom. The van der Waals surface area contributed by atoms with Gasteiger partial charge in [0.05, 0.1) is 19.1 Å². The molecule has 0 aliphatic carbocycles. The SMILES string of the molecule is Cl.O=C(O)CCN1CCOC(c2ccc(Oc3ccc(F)cc3F)cc2)C1. The Kier molecular flexibility index (Phi) is 7.53. The van der Waals surface area contributed by atoms with E-state index in [1.54, 1.807) is 12.1 Å². The lowest BCUT2D eigenvalue weighted by molar-refractivity contribution is -0.137. The fourth-order valence-corrected chi connectivity index (χ4v) is 2.80. The average Bonchev–Trinajstić information content (AvgIpc) is 2.63. The van der Waals surface area contributed by atoms with Crippen LogP contribution in [0.15, 0.2) is 42.5 Å². The normalized spacial score (nSPS) is 17.2. The molecule has 1 aliphatic heterocycles. The van der Waals surface area contributed by atoms with Crippen molar-refractivity contribution in [2.45, 2.75) is 12.5 Å².